The summed E-state index contributed by atoms with van der Waals surface area (Å²) in [4.78, 5) is 10.1. The molecule has 0 radical (unpaired) electrons. The maximum atomic E-state index is 4.59. The van der Waals surface area contributed by atoms with E-state index in [0.717, 1.165) is 25.7 Å². The third-order valence-electron chi connectivity index (χ3n) is 8.07. The van der Waals surface area contributed by atoms with Gasteiger partial charge in [-0.3, -0.25) is 14.8 Å². The number of pyridine rings is 1. The molecule has 0 amide bonds. The summed E-state index contributed by atoms with van der Waals surface area (Å²) in [7, 11) is 0. The van der Waals surface area contributed by atoms with Crippen molar-refractivity contribution in [3.8, 4) is 0 Å². The molecule has 2 aromatic rings. The quantitative estimate of drug-likeness (QED) is 0.769. The molecule has 3 aliphatic rings. The minimum absolute atomic E-state index is 0.486. The molecular weight excluding hydrogens is 380 g/mol. The highest BCUT2D eigenvalue weighted by atomic mass is 15.3. The number of aromatic nitrogens is 1. The lowest BCUT2D eigenvalue weighted by Gasteiger charge is -2.57. The van der Waals surface area contributed by atoms with Crippen LogP contribution in [0.2, 0.25) is 0 Å². The SMILES string of the molecule is CC(C)c1ccccc1C1CN(Cc2ccccn2)CCN1C1CC2(CCNCC2)C1. The second-order valence-corrected chi connectivity index (χ2v) is 10.4. The Bertz CT molecular complexity index is 851. The number of piperidine rings is 1. The number of hydrogen-bond donors (Lipinski definition) is 1. The van der Waals surface area contributed by atoms with Gasteiger partial charge in [0.1, 0.15) is 0 Å². The van der Waals surface area contributed by atoms with Gasteiger partial charge in [0.15, 0.2) is 0 Å². The summed E-state index contributed by atoms with van der Waals surface area (Å²) in [5.41, 5.74) is 4.88. The molecule has 4 nitrogen and oxygen atoms in total. The van der Waals surface area contributed by atoms with E-state index < -0.39 is 0 Å². The summed E-state index contributed by atoms with van der Waals surface area (Å²) in [5, 5.41) is 3.56. The predicted octanol–water partition coefficient (Wildman–Crippen LogP) is 4.60. The van der Waals surface area contributed by atoms with E-state index in [2.05, 4.69) is 70.3 Å². The summed E-state index contributed by atoms with van der Waals surface area (Å²) < 4.78 is 0. The number of hydrogen-bond acceptors (Lipinski definition) is 4. The normalized spacial score (nSPS) is 25.1. The molecule has 166 valence electrons. The Morgan fingerprint density at radius 1 is 1.03 bits per heavy atom. The summed E-state index contributed by atoms with van der Waals surface area (Å²) in [6, 6.07) is 16.7. The third kappa shape index (κ3) is 4.44. The van der Waals surface area contributed by atoms with Crippen molar-refractivity contribution in [2.45, 2.75) is 64.1 Å². The lowest BCUT2D eigenvalue weighted by atomic mass is 9.60. The van der Waals surface area contributed by atoms with Crippen molar-refractivity contribution in [1.29, 1.82) is 0 Å². The van der Waals surface area contributed by atoms with Crippen LogP contribution >= 0.6 is 0 Å². The number of rotatable bonds is 5. The molecule has 4 heteroatoms. The number of benzene rings is 1. The van der Waals surface area contributed by atoms with Crippen molar-refractivity contribution in [2.24, 2.45) is 5.41 Å². The molecule has 1 N–H and O–H groups in total. The lowest BCUT2D eigenvalue weighted by Crippen LogP contribution is -2.59. The van der Waals surface area contributed by atoms with Crippen LogP contribution in [0.25, 0.3) is 0 Å². The monoisotopic (exact) mass is 418 g/mol. The Labute approximate surface area is 188 Å². The Morgan fingerprint density at radius 2 is 1.81 bits per heavy atom. The van der Waals surface area contributed by atoms with Crippen LogP contribution in [0.15, 0.2) is 48.7 Å². The van der Waals surface area contributed by atoms with Crippen molar-refractivity contribution in [3.05, 3.63) is 65.5 Å². The minimum atomic E-state index is 0.486. The van der Waals surface area contributed by atoms with Crippen LogP contribution in [-0.2, 0) is 6.54 Å². The fourth-order valence-electron chi connectivity index (χ4n) is 6.31. The smallest absolute Gasteiger partial charge is 0.0543 e. The van der Waals surface area contributed by atoms with Gasteiger partial charge in [-0.25, -0.2) is 0 Å². The molecule has 0 bridgehead atoms. The zero-order valence-electron chi connectivity index (χ0n) is 19.3. The highest BCUT2D eigenvalue weighted by Gasteiger charge is 2.49. The van der Waals surface area contributed by atoms with Gasteiger partial charge in [0.05, 0.1) is 5.69 Å². The van der Waals surface area contributed by atoms with Gasteiger partial charge in [-0.15, -0.1) is 0 Å². The molecule has 5 rings (SSSR count). The lowest BCUT2D eigenvalue weighted by molar-refractivity contribution is -0.0651. The Balaban J connectivity index is 1.37. The standard InChI is InChI=1S/C27H38N4/c1-21(2)24-8-3-4-9-25(24)26-20-30(19-22-7-5-6-12-29-22)15-16-31(26)23-17-27(18-23)10-13-28-14-11-27/h3-9,12,21,23,26,28H,10-11,13-20H2,1-2H3. The maximum absolute atomic E-state index is 4.59. The van der Waals surface area contributed by atoms with Crippen LogP contribution in [0.1, 0.15) is 68.3 Å². The molecule has 2 saturated heterocycles. The molecular formula is C27H38N4. The Hall–Kier alpha value is -1.75. The van der Waals surface area contributed by atoms with Crippen LogP contribution in [-0.4, -0.2) is 53.5 Å². The number of piperazine rings is 1. The van der Waals surface area contributed by atoms with E-state index in [4.69, 9.17) is 0 Å². The molecule has 1 spiro atoms. The van der Waals surface area contributed by atoms with E-state index >= 15 is 0 Å². The average Bonchev–Trinajstić information content (AvgIpc) is 2.79. The third-order valence-corrected chi connectivity index (χ3v) is 8.07. The summed E-state index contributed by atoms with van der Waals surface area (Å²) in [6.07, 6.45) is 7.46. The minimum Gasteiger partial charge on any atom is -0.317 e. The average molecular weight is 419 g/mol. The molecule has 1 aromatic carbocycles. The summed E-state index contributed by atoms with van der Waals surface area (Å²) >= 11 is 0. The Kier molecular flexibility index (Phi) is 6.14. The largest absolute Gasteiger partial charge is 0.317 e. The fourth-order valence-corrected chi connectivity index (χ4v) is 6.31. The highest BCUT2D eigenvalue weighted by molar-refractivity contribution is 5.33. The Morgan fingerprint density at radius 3 is 2.55 bits per heavy atom. The van der Waals surface area contributed by atoms with Crippen LogP contribution in [0.4, 0.5) is 0 Å². The van der Waals surface area contributed by atoms with Gasteiger partial charge in [0.2, 0.25) is 0 Å². The molecule has 31 heavy (non-hydrogen) atoms. The van der Waals surface area contributed by atoms with Gasteiger partial charge in [0, 0.05) is 44.5 Å². The molecule has 1 aromatic heterocycles. The summed E-state index contributed by atoms with van der Waals surface area (Å²) in [5.74, 6) is 0.557. The first kappa shape index (κ1) is 21.1. The van der Waals surface area contributed by atoms with E-state index in [1.54, 1.807) is 5.56 Å². The maximum Gasteiger partial charge on any atom is 0.0543 e. The van der Waals surface area contributed by atoms with Crippen molar-refractivity contribution in [3.63, 3.8) is 0 Å². The van der Waals surface area contributed by atoms with E-state index in [-0.39, 0.29) is 0 Å². The molecule has 3 fully saturated rings. The van der Waals surface area contributed by atoms with Crippen LogP contribution in [0.3, 0.4) is 0 Å². The van der Waals surface area contributed by atoms with E-state index in [1.807, 2.05) is 12.3 Å². The first-order chi connectivity index (χ1) is 15.1. The number of nitrogens with one attached hydrogen (secondary N) is 1. The second-order valence-electron chi connectivity index (χ2n) is 10.4. The first-order valence-corrected chi connectivity index (χ1v) is 12.3. The van der Waals surface area contributed by atoms with Crippen molar-refractivity contribution in [2.75, 3.05) is 32.7 Å². The van der Waals surface area contributed by atoms with Gasteiger partial charge in [-0.2, -0.15) is 0 Å². The van der Waals surface area contributed by atoms with Gasteiger partial charge >= 0.3 is 0 Å². The van der Waals surface area contributed by atoms with Crippen molar-refractivity contribution in [1.82, 2.24) is 20.1 Å². The second kappa shape index (κ2) is 9.01. The van der Waals surface area contributed by atoms with Gasteiger partial charge in [0.25, 0.3) is 0 Å². The predicted molar refractivity (Wildman–Crippen MR) is 127 cm³/mol. The zero-order valence-corrected chi connectivity index (χ0v) is 19.3. The van der Waals surface area contributed by atoms with E-state index in [9.17, 15) is 0 Å². The van der Waals surface area contributed by atoms with Crippen molar-refractivity contribution >= 4 is 0 Å². The highest BCUT2D eigenvalue weighted by Crippen LogP contribution is 2.52. The molecule has 1 saturated carbocycles. The van der Waals surface area contributed by atoms with Crippen LogP contribution < -0.4 is 5.32 Å². The summed E-state index contributed by atoms with van der Waals surface area (Å²) in [6.45, 7) is 11.5. The molecule has 2 aliphatic heterocycles. The van der Waals surface area contributed by atoms with E-state index in [1.165, 1.54) is 56.6 Å². The zero-order chi connectivity index (χ0) is 21.3. The molecule has 3 heterocycles. The van der Waals surface area contributed by atoms with Crippen molar-refractivity contribution < 1.29 is 0 Å². The molecule has 1 aliphatic carbocycles. The van der Waals surface area contributed by atoms with Gasteiger partial charge < -0.3 is 5.32 Å². The van der Waals surface area contributed by atoms with Gasteiger partial charge in [-0.1, -0.05) is 44.2 Å². The van der Waals surface area contributed by atoms with E-state index in [0.29, 0.717) is 17.4 Å². The molecule has 1 unspecified atom stereocenters. The fraction of sp³-hybridized carbons (Fsp3) is 0.593. The van der Waals surface area contributed by atoms with Gasteiger partial charge in [-0.05, 0) is 73.4 Å². The number of nitrogens with zero attached hydrogens (tertiary/aromatic N) is 3. The van der Waals surface area contributed by atoms with Crippen LogP contribution in [0.5, 0.6) is 0 Å². The first-order valence-electron chi connectivity index (χ1n) is 12.3. The molecule has 1 atom stereocenters. The van der Waals surface area contributed by atoms with Crippen LogP contribution in [0, 0.1) is 5.41 Å². The topological polar surface area (TPSA) is 31.4 Å².